The Balaban J connectivity index is 1.91. The van der Waals surface area contributed by atoms with Crippen molar-refractivity contribution in [1.29, 1.82) is 0 Å². The van der Waals surface area contributed by atoms with Gasteiger partial charge in [-0.05, 0) is 64.1 Å². The van der Waals surface area contributed by atoms with Crippen LogP contribution in [-0.4, -0.2) is 50.6 Å². The molecule has 0 radical (unpaired) electrons. The van der Waals surface area contributed by atoms with E-state index in [4.69, 9.17) is 10.5 Å². The van der Waals surface area contributed by atoms with Crippen molar-refractivity contribution in [1.82, 2.24) is 9.80 Å². The van der Waals surface area contributed by atoms with E-state index in [-0.39, 0.29) is 0 Å². The second kappa shape index (κ2) is 6.95. The Morgan fingerprint density at radius 1 is 1.30 bits per heavy atom. The highest BCUT2D eigenvalue weighted by molar-refractivity contribution is 5.47. The Labute approximate surface area is 122 Å². The van der Waals surface area contributed by atoms with Crippen molar-refractivity contribution in [2.45, 2.75) is 19.4 Å². The van der Waals surface area contributed by atoms with Crippen LogP contribution in [0.1, 0.15) is 18.4 Å². The summed E-state index contributed by atoms with van der Waals surface area (Å²) in [4.78, 5) is 4.80. The van der Waals surface area contributed by atoms with Gasteiger partial charge in [0.15, 0.2) is 0 Å². The summed E-state index contributed by atoms with van der Waals surface area (Å²) in [5.41, 5.74) is 7.89. The van der Waals surface area contributed by atoms with Gasteiger partial charge in [-0.15, -0.1) is 0 Å². The zero-order valence-corrected chi connectivity index (χ0v) is 12.9. The van der Waals surface area contributed by atoms with Gasteiger partial charge >= 0.3 is 0 Å². The SMILES string of the molecule is COc1ccc(N)cc1CN1CCC(CN(C)C)CC1. The minimum absolute atomic E-state index is 0.809. The molecular weight excluding hydrogens is 250 g/mol. The fourth-order valence-corrected chi connectivity index (χ4v) is 3.01. The summed E-state index contributed by atoms with van der Waals surface area (Å²) in [5.74, 6) is 1.78. The lowest BCUT2D eigenvalue weighted by Crippen LogP contribution is -2.36. The second-order valence-corrected chi connectivity index (χ2v) is 6.05. The summed E-state index contributed by atoms with van der Waals surface area (Å²) in [5, 5.41) is 0. The fraction of sp³-hybridized carbons (Fsp3) is 0.625. The Bertz CT molecular complexity index is 426. The second-order valence-electron chi connectivity index (χ2n) is 6.05. The van der Waals surface area contributed by atoms with Crippen LogP contribution in [0.15, 0.2) is 18.2 Å². The number of hydrogen-bond donors (Lipinski definition) is 1. The molecule has 112 valence electrons. The highest BCUT2D eigenvalue weighted by Gasteiger charge is 2.20. The molecule has 1 aromatic carbocycles. The minimum Gasteiger partial charge on any atom is -0.496 e. The third-order valence-electron chi connectivity index (χ3n) is 4.03. The van der Waals surface area contributed by atoms with Crippen molar-refractivity contribution >= 4 is 5.69 Å². The molecule has 0 atom stereocenters. The predicted octanol–water partition coefficient (Wildman–Crippen LogP) is 2.05. The van der Waals surface area contributed by atoms with Gasteiger partial charge in [-0.2, -0.15) is 0 Å². The largest absolute Gasteiger partial charge is 0.496 e. The van der Waals surface area contributed by atoms with Crippen LogP contribution in [0.3, 0.4) is 0 Å². The van der Waals surface area contributed by atoms with Crippen LogP contribution in [0, 0.1) is 5.92 Å². The number of piperidine rings is 1. The van der Waals surface area contributed by atoms with Gasteiger partial charge < -0.3 is 15.4 Å². The zero-order valence-electron chi connectivity index (χ0n) is 12.9. The molecule has 1 aliphatic rings. The van der Waals surface area contributed by atoms with Gasteiger partial charge in [0.1, 0.15) is 5.75 Å². The van der Waals surface area contributed by atoms with Gasteiger partial charge in [-0.1, -0.05) is 0 Å². The molecule has 0 aromatic heterocycles. The molecule has 2 N–H and O–H groups in total. The first kappa shape index (κ1) is 15.1. The fourth-order valence-electron chi connectivity index (χ4n) is 3.01. The third-order valence-corrected chi connectivity index (χ3v) is 4.03. The van der Waals surface area contributed by atoms with Crippen molar-refractivity contribution in [3.63, 3.8) is 0 Å². The number of benzene rings is 1. The molecule has 2 rings (SSSR count). The number of anilines is 1. The molecule has 1 aliphatic heterocycles. The third kappa shape index (κ3) is 4.12. The van der Waals surface area contributed by atoms with Gasteiger partial charge in [-0.25, -0.2) is 0 Å². The number of methoxy groups -OCH3 is 1. The molecule has 0 unspecified atom stereocenters. The molecule has 0 aliphatic carbocycles. The lowest BCUT2D eigenvalue weighted by atomic mass is 9.96. The van der Waals surface area contributed by atoms with Crippen molar-refractivity contribution in [3.05, 3.63) is 23.8 Å². The van der Waals surface area contributed by atoms with Crippen LogP contribution >= 0.6 is 0 Å². The van der Waals surface area contributed by atoms with E-state index in [0.29, 0.717) is 0 Å². The number of nitrogen functional groups attached to an aromatic ring is 1. The number of likely N-dealkylation sites (tertiary alicyclic amines) is 1. The Morgan fingerprint density at radius 2 is 2.00 bits per heavy atom. The maximum atomic E-state index is 5.88. The van der Waals surface area contributed by atoms with Crippen molar-refractivity contribution < 1.29 is 4.74 Å². The average molecular weight is 277 g/mol. The lowest BCUT2D eigenvalue weighted by molar-refractivity contribution is 0.156. The van der Waals surface area contributed by atoms with Gasteiger partial charge in [0.2, 0.25) is 0 Å². The molecule has 0 saturated carbocycles. The molecule has 1 fully saturated rings. The van der Waals surface area contributed by atoms with Crippen molar-refractivity contribution in [3.8, 4) is 5.75 Å². The first-order chi connectivity index (χ1) is 9.58. The van der Waals surface area contributed by atoms with E-state index >= 15 is 0 Å². The highest BCUT2D eigenvalue weighted by Crippen LogP contribution is 2.25. The van der Waals surface area contributed by atoms with Crippen LogP contribution in [0.4, 0.5) is 5.69 Å². The number of ether oxygens (including phenoxy) is 1. The lowest BCUT2D eigenvalue weighted by Gasteiger charge is -2.33. The maximum Gasteiger partial charge on any atom is 0.123 e. The molecular formula is C16H27N3O. The van der Waals surface area contributed by atoms with E-state index in [9.17, 15) is 0 Å². The molecule has 0 bridgehead atoms. The number of rotatable bonds is 5. The molecule has 4 nitrogen and oxygen atoms in total. The van der Waals surface area contributed by atoms with Crippen LogP contribution in [0.25, 0.3) is 0 Å². The summed E-state index contributed by atoms with van der Waals surface area (Å²) in [6.07, 6.45) is 2.56. The maximum absolute atomic E-state index is 5.88. The van der Waals surface area contributed by atoms with Crippen molar-refractivity contribution in [2.75, 3.05) is 46.6 Å². The standard InChI is InChI=1S/C16H27N3O/c1-18(2)11-13-6-8-19(9-7-13)12-14-10-15(17)4-5-16(14)20-3/h4-5,10,13H,6-9,11-12,17H2,1-3H3. The predicted molar refractivity (Wildman–Crippen MR) is 84.0 cm³/mol. The summed E-state index contributed by atoms with van der Waals surface area (Å²) >= 11 is 0. The molecule has 20 heavy (non-hydrogen) atoms. The van der Waals surface area contributed by atoms with E-state index in [1.54, 1.807) is 7.11 Å². The van der Waals surface area contributed by atoms with E-state index < -0.39 is 0 Å². The Kier molecular flexibility index (Phi) is 5.26. The molecule has 1 saturated heterocycles. The van der Waals surface area contributed by atoms with Gasteiger partial charge in [0, 0.05) is 24.3 Å². The van der Waals surface area contributed by atoms with Crippen LogP contribution in [0.5, 0.6) is 5.75 Å². The molecule has 0 amide bonds. The zero-order chi connectivity index (χ0) is 14.5. The van der Waals surface area contributed by atoms with E-state index in [0.717, 1.165) is 37.0 Å². The van der Waals surface area contributed by atoms with Gasteiger partial charge in [-0.3, -0.25) is 4.90 Å². The van der Waals surface area contributed by atoms with E-state index in [1.165, 1.54) is 24.9 Å². The minimum atomic E-state index is 0.809. The molecule has 4 heteroatoms. The van der Waals surface area contributed by atoms with Gasteiger partial charge in [0.25, 0.3) is 0 Å². The average Bonchev–Trinajstić information content (AvgIpc) is 2.41. The van der Waals surface area contributed by atoms with Crippen LogP contribution < -0.4 is 10.5 Å². The Hall–Kier alpha value is -1.26. The summed E-state index contributed by atoms with van der Waals surface area (Å²) in [6, 6.07) is 5.89. The number of hydrogen-bond acceptors (Lipinski definition) is 4. The number of nitrogens with two attached hydrogens (primary N) is 1. The van der Waals surface area contributed by atoms with Crippen molar-refractivity contribution in [2.24, 2.45) is 5.92 Å². The van der Waals surface area contributed by atoms with Crippen LogP contribution in [-0.2, 0) is 6.54 Å². The van der Waals surface area contributed by atoms with Gasteiger partial charge in [0.05, 0.1) is 7.11 Å². The summed E-state index contributed by atoms with van der Waals surface area (Å²) in [7, 11) is 6.03. The topological polar surface area (TPSA) is 41.7 Å². The monoisotopic (exact) mass is 277 g/mol. The molecule has 0 spiro atoms. The highest BCUT2D eigenvalue weighted by atomic mass is 16.5. The molecule has 1 aromatic rings. The summed E-state index contributed by atoms with van der Waals surface area (Å²) in [6.45, 7) is 4.46. The smallest absolute Gasteiger partial charge is 0.123 e. The van der Waals surface area contributed by atoms with Crippen LogP contribution in [0.2, 0.25) is 0 Å². The van der Waals surface area contributed by atoms with E-state index in [1.807, 2.05) is 18.2 Å². The Morgan fingerprint density at radius 3 is 2.60 bits per heavy atom. The first-order valence-corrected chi connectivity index (χ1v) is 7.38. The normalized spacial score (nSPS) is 17.6. The number of nitrogens with zero attached hydrogens (tertiary/aromatic N) is 2. The van der Waals surface area contributed by atoms with E-state index in [2.05, 4.69) is 23.9 Å². The summed E-state index contributed by atoms with van der Waals surface area (Å²) < 4.78 is 5.43. The quantitative estimate of drug-likeness (QED) is 0.837. The molecule has 1 heterocycles. The first-order valence-electron chi connectivity index (χ1n) is 7.38.